The molecule has 0 spiro atoms. The first-order chi connectivity index (χ1) is 24.3. The number of piperidine rings is 3. The molecule has 2 aromatic carbocycles. The van der Waals surface area contributed by atoms with Crippen molar-refractivity contribution < 1.29 is 19.0 Å². The van der Waals surface area contributed by atoms with Crippen LogP contribution >= 0.6 is 0 Å². The van der Waals surface area contributed by atoms with Crippen LogP contribution in [0.4, 0.5) is 5.69 Å². The SMILES string of the molecule is C/C=C1/CN2CC[C@@]34c5c(ccc6c5O[C@@H]5OC[C@@H]7[C@@H](C[C@H]8c9c(c%10ccccc%10n9C)C[C@@H]7N8C)[C@@H]5[C@@H]6C)N(C)[C@H]3[C@@H]2C[C@H]1C4C(=O)OC. The predicted molar refractivity (Wildman–Crippen MR) is 192 cm³/mol. The molecule has 8 nitrogen and oxygen atoms in total. The van der Waals surface area contributed by atoms with E-state index in [1.807, 2.05) is 0 Å². The minimum absolute atomic E-state index is 0.0592. The maximum atomic E-state index is 14.1. The fourth-order valence-electron chi connectivity index (χ4n) is 13.9. The number of para-hydroxylation sites is 1. The van der Waals surface area contributed by atoms with Crippen molar-refractivity contribution in [2.24, 2.45) is 36.6 Å². The van der Waals surface area contributed by atoms with Gasteiger partial charge in [0.05, 0.1) is 31.7 Å². The number of anilines is 1. The van der Waals surface area contributed by atoms with E-state index >= 15 is 0 Å². The van der Waals surface area contributed by atoms with Gasteiger partial charge in [-0.25, -0.2) is 0 Å². The molecule has 1 unspecified atom stereocenters. The van der Waals surface area contributed by atoms with Gasteiger partial charge in [0, 0.05) is 77.8 Å². The van der Waals surface area contributed by atoms with E-state index in [1.165, 1.54) is 39.0 Å². The van der Waals surface area contributed by atoms with E-state index in [2.05, 4.69) is 96.7 Å². The van der Waals surface area contributed by atoms with Crippen molar-refractivity contribution in [3.63, 3.8) is 0 Å². The number of aryl methyl sites for hydroxylation is 1. The summed E-state index contributed by atoms with van der Waals surface area (Å²) in [7, 11) is 8.47. The molecule has 1 saturated carbocycles. The molecule has 8 aliphatic rings. The Bertz CT molecular complexity index is 2000. The maximum Gasteiger partial charge on any atom is 0.310 e. The molecule has 1 aromatic heterocycles. The number of hydrogen-bond donors (Lipinski definition) is 0. The van der Waals surface area contributed by atoms with Gasteiger partial charge in [-0.05, 0) is 87.2 Å². The molecule has 50 heavy (non-hydrogen) atoms. The second-order valence-electron chi connectivity index (χ2n) is 17.1. The van der Waals surface area contributed by atoms with Gasteiger partial charge in [0.1, 0.15) is 5.75 Å². The van der Waals surface area contributed by atoms with Gasteiger partial charge < -0.3 is 23.7 Å². The van der Waals surface area contributed by atoms with E-state index in [0.717, 1.165) is 51.1 Å². The van der Waals surface area contributed by atoms with Crippen molar-refractivity contribution in [1.82, 2.24) is 14.4 Å². The van der Waals surface area contributed by atoms with E-state index < -0.39 is 0 Å². The van der Waals surface area contributed by atoms with Crippen LogP contribution in [0, 0.1) is 29.6 Å². The molecule has 7 aliphatic heterocycles. The number of nitrogens with zero attached hydrogens (tertiary/aromatic N) is 4. The molecule has 0 amide bonds. The summed E-state index contributed by atoms with van der Waals surface area (Å²) in [5.41, 5.74) is 9.24. The lowest BCUT2D eigenvalue weighted by Crippen LogP contribution is -2.73. The van der Waals surface area contributed by atoms with Crippen LogP contribution in [0.3, 0.4) is 0 Å². The van der Waals surface area contributed by atoms with Crippen molar-refractivity contribution in [3.05, 3.63) is 70.4 Å². The van der Waals surface area contributed by atoms with E-state index in [4.69, 9.17) is 14.2 Å². The van der Waals surface area contributed by atoms with Crippen LogP contribution in [-0.4, -0.2) is 85.7 Å². The molecule has 5 fully saturated rings. The molecule has 0 radical (unpaired) electrons. The Morgan fingerprint density at radius 1 is 1.06 bits per heavy atom. The van der Waals surface area contributed by atoms with E-state index in [9.17, 15) is 4.79 Å². The Balaban J connectivity index is 1.02. The Kier molecular flexibility index (Phi) is 6.16. The van der Waals surface area contributed by atoms with Gasteiger partial charge in [-0.2, -0.15) is 0 Å². The number of benzene rings is 2. The molecular weight excluding hydrogens is 624 g/mol. The highest BCUT2D eigenvalue weighted by Gasteiger charge is 2.70. The monoisotopic (exact) mass is 674 g/mol. The number of hydrogen-bond acceptors (Lipinski definition) is 7. The van der Waals surface area contributed by atoms with E-state index in [0.29, 0.717) is 30.0 Å². The van der Waals surface area contributed by atoms with Crippen molar-refractivity contribution in [2.75, 3.05) is 45.8 Å². The highest BCUT2D eigenvalue weighted by Crippen LogP contribution is 2.67. The highest BCUT2D eigenvalue weighted by molar-refractivity contribution is 5.86. The van der Waals surface area contributed by atoms with Gasteiger partial charge in [0.2, 0.25) is 6.29 Å². The number of fused-ring (bicyclic) bond motifs is 14. The predicted octanol–water partition coefficient (Wildman–Crippen LogP) is 5.78. The zero-order valence-corrected chi connectivity index (χ0v) is 30.3. The van der Waals surface area contributed by atoms with Crippen LogP contribution in [0.1, 0.15) is 67.5 Å². The lowest BCUT2D eigenvalue weighted by Gasteiger charge is -2.63. The Hall–Kier alpha value is -3.33. The largest absolute Gasteiger partial charge is 0.469 e. The number of likely N-dealkylation sites (N-methyl/N-ethyl adjacent to an activating group) is 2. The molecule has 8 heterocycles. The molecule has 5 bridgehead atoms. The number of carbonyl (C=O) groups excluding carboxylic acids is 1. The first-order valence-corrected chi connectivity index (χ1v) is 19.2. The second-order valence-corrected chi connectivity index (χ2v) is 17.1. The minimum Gasteiger partial charge on any atom is -0.469 e. The molecule has 262 valence electrons. The quantitative estimate of drug-likeness (QED) is 0.240. The maximum absolute atomic E-state index is 14.1. The lowest BCUT2D eigenvalue weighted by molar-refractivity contribution is -0.222. The van der Waals surface area contributed by atoms with Crippen molar-refractivity contribution >= 4 is 22.6 Å². The zero-order chi connectivity index (χ0) is 34.0. The number of ether oxygens (including phenoxy) is 3. The number of aromatic nitrogens is 1. The third-order valence-corrected chi connectivity index (χ3v) is 15.9. The number of esters is 1. The number of allylic oxidation sites excluding steroid dienone is 1. The minimum atomic E-state index is -0.361. The van der Waals surface area contributed by atoms with Crippen molar-refractivity contribution in [3.8, 4) is 5.75 Å². The second kappa shape index (κ2) is 10.2. The summed E-state index contributed by atoms with van der Waals surface area (Å²) in [5.74, 6) is 2.45. The fourth-order valence-corrected chi connectivity index (χ4v) is 13.9. The third kappa shape index (κ3) is 3.43. The Morgan fingerprint density at radius 3 is 2.72 bits per heavy atom. The van der Waals surface area contributed by atoms with Gasteiger partial charge in [0.15, 0.2) is 0 Å². The molecule has 8 heteroatoms. The number of carbonyl (C=O) groups is 1. The first-order valence-electron chi connectivity index (χ1n) is 19.2. The lowest BCUT2D eigenvalue weighted by atomic mass is 9.49. The van der Waals surface area contributed by atoms with Crippen LogP contribution in [-0.2, 0) is 33.2 Å². The summed E-state index contributed by atoms with van der Waals surface area (Å²) >= 11 is 0. The summed E-state index contributed by atoms with van der Waals surface area (Å²) in [6, 6.07) is 15.2. The van der Waals surface area contributed by atoms with E-state index in [-0.39, 0.29) is 47.4 Å². The van der Waals surface area contributed by atoms with Crippen LogP contribution in [0.5, 0.6) is 5.75 Å². The summed E-state index contributed by atoms with van der Waals surface area (Å²) in [5, 5.41) is 1.42. The van der Waals surface area contributed by atoms with Crippen molar-refractivity contribution in [1.29, 1.82) is 0 Å². The highest BCUT2D eigenvalue weighted by atomic mass is 16.7. The van der Waals surface area contributed by atoms with Gasteiger partial charge in [-0.1, -0.05) is 42.8 Å². The number of methoxy groups -OCH3 is 1. The first kappa shape index (κ1) is 30.3. The Morgan fingerprint density at radius 2 is 1.90 bits per heavy atom. The van der Waals surface area contributed by atoms with Crippen LogP contribution < -0.4 is 9.64 Å². The van der Waals surface area contributed by atoms with Crippen LogP contribution in [0.2, 0.25) is 0 Å². The van der Waals surface area contributed by atoms with Gasteiger partial charge in [-0.15, -0.1) is 0 Å². The average molecular weight is 675 g/mol. The van der Waals surface area contributed by atoms with Crippen LogP contribution in [0.15, 0.2) is 48.0 Å². The van der Waals surface area contributed by atoms with Gasteiger partial charge in [-0.3, -0.25) is 14.6 Å². The van der Waals surface area contributed by atoms with Crippen LogP contribution in [0.25, 0.3) is 10.9 Å². The molecule has 3 aromatic rings. The van der Waals surface area contributed by atoms with Crippen molar-refractivity contribution in [2.45, 2.75) is 81.3 Å². The van der Waals surface area contributed by atoms with Gasteiger partial charge >= 0.3 is 5.97 Å². The number of rotatable bonds is 1. The molecular formula is C42H50N4O4. The Labute approximate surface area is 295 Å². The summed E-state index contributed by atoms with van der Waals surface area (Å²) in [4.78, 5) is 22.0. The topological polar surface area (TPSA) is 59.4 Å². The average Bonchev–Trinajstić information content (AvgIpc) is 3.56. The molecule has 12 atom stereocenters. The smallest absolute Gasteiger partial charge is 0.310 e. The summed E-state index contributed by atoms with van der Waals surface area (Å²) in [6.07, 6.45) is 6.14. The standard InChI is InChI=1S/C42H50N4O4/c1-7-22-19-46-15-14-42-35(40(47)48-6)25(22)16-33(46)39(42)45(5)30-13-12-23-21(2)34-26-17-32-37-27(24-10-8-9-11-29(24)44(37)4)18-31(43(32)3)28(26)20-49-41(34)50-38(23)36(30)42/h7-13,21,25-26,28,31-35,39,41H,14-20H2,1-6H3/b22-7-/t21-,25-,26-,28-,31+,32+,33+,34+,35?,39+,41+,42-/m1/s1. The molecule has 4 saturated heterocycles. The molecule has 0 N–H and O–H groups in total. The molecule has 11 rings (SSSR count). The summed E-state index contributed by atoms with van der Waals surface area (Å²) in [6.45, 7) is 7.27. The fraction of sp³-hybridized carbons (Fsp3) is 0.595. The normalized spacial score (nSPS) is 41.5. The summed E-state index contributed by atoms with van der Waals surface area (Å²) < 4.78 is 22.4. The third-order valence-electron chi connectivity index (χ3n) is 15.9. The van der Waals surface area contributed by atoms with Gasteiger partial charge in [0.25, 0.3) is 0 Å². The zero-order valence-electron chi connectivity index (χ0n) is 30.3. The van der Waals surface area contributed by atoms with E-state index in [1.54, 1.807) is 12.7 Å². The molecule has 1 aliphatic carbocycles.